The van der Waals surface area contributed by atoms with E-state index in [2.05, 4.69) is 75.0 Å². The summed E-state index contributed by atoms with van der Waals surface area (Å²) >= 11 is 0. The van der Waals surface area contributed by atoms with Gasteiger partial charge in [-0.2, -0.15) is 0 Å². The van der Waals surface area contributed by atoms with Gasteiger partial charge >= 0.3 is 0 Å². The van der Waals surface area contributed by atoms with Crippen molar-refractivity contribution in [1.29, 1.82) is 0 Å². The van der Waals surface area contributed by atoms with E-state index >= 15 is 0 Å². The van der Waals surface area contributed by atoms with Crippen LogP contribution in [0.25, 0.3) is 11.1 Å². The summed E-state index contributed by atoms with van der Waals surface area (Å²) in [6.07, 6.45) is 4.20. The van der Waals surface area contributed by atoms with Crippen molar-refractivity contribution in [3.63, 3.8) is 0 Å². The van der Waals surface area contributed by atoms with Gasteiger partial charge in [-0.05, 0) is 34.9 Å². The Hall–Kier alpha value is -1.82. The van der Waals surface area contributed by atoms with E-state index < -0.39 is 0 Å². The summed E-state index contributed by atoms with van der Waals surface area (Å²) in [6, 6.07) is 19.5. The maximum absolute atomic E-state index is 3.81. The normalized spacial score (nSPS) is 11.3. The standard InChI is InChI=1S/C19H22/c1-4-5-15-19(2,3)18-13-11-17(12-14-18)16-9-7-6-8-10-16/h4,6-14H,1,5,15H2,2-3H3. The Morgan fingerprint density at radius 2 is 1.47 bits per heavy atom. The van der Waals surface area contributed by atoms with Crippen LogP contribution in [0.5, 0.6) is 0 Å². The lowest BCUT2D eigenvalue weighted by molar-refractivity contribution is 0.485. The van der Waals surface area contributed by atoms with Crippen LogP contribution in [0.1, 0.15) is 32.3 Å². The molecule has 0 aliphatic heterocycles. The van der Waals surface area contributed by atoms with Crippen LogP contribution in [0.3, 0.4) is 0 Å². The van der Waals surface area contributed by atoms with Gasteiger partial charge in [0.1, 0.15) is 0 Å². The molecule has 0 bridgehead atoms. The Labute approximate surface area is 116 Å². The summed E-state index contributed by atoms with van der Waals surface area (Å²) in [5, 5.41) is 0. The van der Waals surface area contributed by atoms with Crippen LogP contribution < -0.4 is 0 Å². The second-order valence-electron chi connectivity index (χ2n) is 5.65. The highest BCUT2D eigenvalue weighted by atomic mass is 14.2. The monoisotopic (exact) mass is 250 g/mol. The van der Waals surface area contributed by atoms with Crippen molar-refractivity contribution in [3.8, 4) is 11.1 Å². The highest BCUT2D eigenvalue weighted by Gasteiger charge is 2.19. The van der Waals surface area contributed by atoms with E-state index in [-0.39, 0.29) is 5.41 Å². The van der Waals surface area contributed by atoms with E-state index in [9.17, 15) is 0 Å². The van der Waals surface area contributed by atoms with Gasteiger partial charge in [-0.1, -0.05) is 74.5 Å². The Morgan fingerprint density at radius 3 is 2.05 bits per heavy atom. The predicted octanol–water partition coefficient (Wildman–Crippen LogP) is 5.60. The molecule has 0 heteroatoms. The minimum absolute atomic E-state index is 0.212. The zero-order valence-corrected chi connectivity index (χ0v) is 11.9. The molecule has 0 radical (unpaired) electrons. The molecule has 0 saturated heterocycles. The molecule has 0 fully saturated rings. The number of hydrogen-bond acceptors (Lipinski definition) is 0. The van der Waals surface area contributed by atoms with E-state index in [1.165, 1.54) is 16.7 Å². The van der Waals surface area contributed by atoms with Crippen molar-refractivity contribution in [2.24, 2.45) is 0 Å². The summed E-state index contributed by atoms with van der Waals surface area (Å²) in [4.78, 5) is 0. The Morgan fingerprint density at radius 1 is 0.895 bits per heavy atom. The van der Waals surface area contributed by atoms with Crippen LogP contribution in [-0.4, -0.2) is 0 Å². The molecule has 0 saturated carbocycles. The number of hydrogen-bond donors (Lipinski definition) is 0. The van der Waals surface area contributed by atoms with Gasteiger partial charge < -0.3 is 0 Å². The van der Waals surface area contributed by atoms with Gasteiger partial charge in [0, 0.05) is 0 Å². The maximum Gasteiger partial charge on any atom is -0.0101 e. The predicted molar refractivity (Wildman–Crippen MR) is 84.3 cm³/mol. The molecule has 0 unspecified atom stereocenters. The molecule has 0 nitrogen and oxygen atoms in total. The van der Waals surface area contributed by atoms with Gasteiger partial charge in [0.2, 0.25) is 0 Å². The summed E-state index contributed by atoms with van der Waals surface area (Å²) in [5.74, 6) is 0. The second-order valence-corrected chi connectivity index (χ2v) is 5.65. The molecule has 2 rings (SSSR count). The number of allylic oxidation sites excluding steroid dienone is 1. The van der Waals surface area contributed by atoms with Gasteiger partial charge in [0.25, 0.3) is 0 Å². The van der Waals surface area contributed by atoms with Crippen molar-refractivity contribution in [2.45, 2.75) is 32.1 Å². The number of benzene rings is 2. The molecule has 0 aliphatic rings. The van der Waals surface area contributed by atoms with Crippen LogP contribution in [0.4, 0.5) is 0 Å². The summed E-state index contributed by atoms with van der Waals surface area (Å²) < 4.78 is 0. The third-order valence-corrected chi connectivity index (χ3v) is 3.75. The molecule has 0 aliphatic carbocycles. The van der Waals surface area contributed by atoms with E-state index in [0.29, 0.717) is 0 Å². The van der Waals surface area contributed by atoms with Gasteiger partial charge in [0.05, 0.1) is 0 Å². The van der Waals surface area contributed by atoms with Crippen LogP contribution in [0.15, 0.2) is 67.3 Å². The maximum atomic E-state index is 3.81. The topological polar surface area (TPSA) is 0 Å². The average Bonchev–Trinajstić information content (AvgIpc) is 2.46. The smallest absolute Gasteiger partial charge is 0.0101 e. The van der Waals surface area contributed by atoms with Crippen molar-refractivity contribution in [2.75, 3.05) is 0 Å². The molecule has 0 amide bonds. The highest BCUT2D eigenvalue weighted by Crippen LogP contribution is 2.30. The molecular formula is C19H22. The number of rotatable bonds is 5. The van der Waals surface area contributed by atoms with E-state index in [1.54, 1.807) is 0 Å². The minimum Gasteiger partial charge on any atom is -0.103 e. The fourth-order valence-electron chi connectivity index (χ4n) is 2.35. The van der Waals surface area contributed by atoms with Gasteiger partial charge in [-0.15, -0.1) is 6.58 Å². The molecule has 0 atom stereocenters. The molecule has 0 heterocycles. The van der Waals surface area contributed by atoms with Gasteiger partial charge in [-0.3, -0.25) is 0 Å². The molecule has 2 aromatic rings. The van der Waals surface area contributed by atoms with Crippen LogP contribution in [0, 0.1) is 0 Å². The van der Waals surface area contributed by atoms with Crippen molar-refractivity contribution < 1.29 is 0 Å². The zero-order valence-electron chi connectivity index (χ0n) is 11.9. The third kappa shape index (κ3) is 3.35. The SMILES string of the molecule is C=CCCC(C)(C)c1ccc(-c2ccccc2)cc1. The van der Waals surface area contributed by atoms with Gasteiger partial charge in [-0.25, -0.2) is 0 Å². The van der Waals surface area contributed by atoms with Crippen molar-refractivity contribution in [3.05, 3.63) is 72.8 Å². The largest absolute Gasteiger partial charge is 0.103 e. The van der Waals surface area contributed by atoms with E-state index in [4.69, 9.17) is 0 Å². The van der Waals surface area contributed by atoms with Crippen LogP contribution >= 0.6 is 0 Å². The molecular weight excluding hydrogens is 228 g/mol. The summed E-state index contributed by atoms with van der Waals surface area (Å²) in [7, 11) is 0. The third-order valence-electron chi connectivity index (χ3n) is 3.75. The highest BCUT2D eigenvalue weighted by molar-refractivity contribution is 5.63. The first kappa shape index (κ1) is 13.6. The van der Waals surface area contributed by atoms with E-state index in [0.717, 1.165) is 12.8 Å². The zero-order chi connectivity index (χ0) is 13.7. The average molecular weight is 250 g/mol. The second kappa shape index (κ2) is 5.88. The summed E-state index contributed by atoms with van der Waals surface area (Å²) in [5.41, 5.74) is 4.17. The van der Waals surface area contributed by atoms with Crippen LogP contribution in [-0.2, 0) is 5.41 Å². The molecule has 19 heavy (non-hydrogen) atoms. The Bertz CT molecular complexity index is 518. The van der Waals surface area contributed by atoms with E-state index in [1.807, 2.05) is 6.08 Å². The first-order chi connectivity index (χ1) is 9.13. The molecule has 0 spiro atoms. The lowest BCUT2D eigenvalue weighted by atomic mass is 9.80. The first-order valence-electron chi connectivity index (χ1n) is 6.90. The Balaban J connectivity index is 2.21. The Kier molecular flexibility index (Phi) is 4.21. The minimum atomic E-state index is 0.212. The van der Waals surface area contributed by atoms with Crippen molar-refractivity contribution >= 4 is 0 Å². The quantitative estimate of drug-likeness (QED) is 0.606. The molecule has 98 valence electrons. The fourth-order valence-corrected chi connectivity index (χ4v) is 2.35. The molecule has 2 aromatic carbocycles. The fraction of sp³-hybridized carbons (Fsp3) is 0.263. The lowest BCUT2D eigenvalue weighted by Gasteiger charge is -2.25. The van der Waals surface area contributed by atoms with Crippen LogP contribution in [0.2, 0.25) is 0 Å². The summed E-state index contributed by atoms with van der Waals surface area (Å²) in [6.45, 7) is 8.41. The van der Waals surface area contributed by atoms with Crippen molar-refractivity contribution in [1.82, 2.24) is 0 Å². The molecule has 0 N–H and O–H groups in total. The first-order valence-corrected chi connectivity index (χ1v) is 6.90. The van der Waals surface area contributed by atoms with Gasteiger partial charge in [0.15, 0.2) is 0 Å². The molecule has 0 aromatic heterocycles. The lowest BCUT2D eigenvalue weighted by Crippen LogP contribution is -2.16.